The molecule has 2 heterocycles. The lowest BCUT2D eigenvalue weighted by molar-refractivity contribution is 0.0997. The van der Waals surface area contributed by atoms with Crippen LogP contribution < -0.4 is 16.2 Å². The largest absolute Gasteiger partial charge is 0.497 e. The molecule has 3 aromatic rings. The fourth-order valence-electron chi connectivity index (χ4n) is 1.86. The van der Waals surface area contributed by atoms with Gasteiger partial charge in [0.05, 0.1) is 12.8 Å². The number of hydrogen-bond acceptors (Lipinski definition) is 6. The van der Waals surface area contributed by atoms with Gasteiger partial charge in [0, 0.05) is 0 Å². The summed E-state index contributed by atoms with van der Waals surface area (Å²) in [7, 11) is 1.55. The number of ether oxygens (including phenoxy) is 1. The van der Waals surface area contributed by atoms with E-state index in [9.17, 15) is 9.59 Å². The topological polar surface area (TPSA) is 117 Å². The van der Waals surface area contributed by atoms with E-state index in [0.717, 1.165) is 9.08 Å². The minimum Gasteiger partial charge on any atom is -0.497 e. The number of hydrogen-bond donors (Lipinski definition) is 1. The van der Waals surface area contributed by atoms with Crippen LogP contribution in [-0.4, -0.2) is 37.4 Å². The van der Waals surface area contributed by atoms with E-state index in [4.69, 9.17) is 10.5 Å². The summed E-state index contributed by atoms with van der Waals surface area (Å²) in [4.78, 5) is 27.3. The average Bonchev–Trinajstić information content (AvgIpc) is 2.93. The number of nitrogens with two attached hydrogens (primary N) is 1. The van der Waals surface area contributed by atoms with Crippen molar-refractivity contribution in [3.05, 3.63) is 46.8 Å². The molecule has 2 aromatic heterocycles. The smallest absolute Gasteiger partial charge is 0.357 e. The molecule has 0 saturated heterocycles. The molecule has 0 unspecified atom stereocenters. The van der Waals surface area contributed by atoms with Crippen molar-refractivity contribution in [3.63, 3.8) is 0 Å². The van der Waals surface area contributed by atoms with Crippen LogP contribution in [0.3, 0.4) is 0 Å². The van der Waals surface area contributed by atoms with E-state index in [1.807, 2.05) is 0 Å². The van der Waals surface area contributed by atoms with E-state index in [0.29, 0.717) is 11.4 Å². The maximum atomic E-state index is 12.3. The van der Waals surface area contributed by atoms with Gasteiger partial charge in [0.15, 0.2) is 11.3 Å². The first-order valence-corrected chi connectivity index (χ1v) is 5.89. The van der Waals surface area contributed by atoms with Crippen LogP contribution in [0.4, 0.5) is 0 Å². The molecule has 0 radical (unpaired) electrons. The van der Waals surface area contributed by atoms with Gasteiger partial charge in [-0.1, -0.05) is 5.21 Å². The van der Waals surface area contributed by atoms with Gasteiger partial charge in [0.1, 0.15) is 12.1 Å². The molecule has 0 atom stereocenters. The highest BCUT2D eigenvalue weighted by molar-refractivity contribution is 5.96. The Morgan fingerprint density at radius 3 is 2.62 bits per heavy atom. The molecule has 0 saturated carbocycles. The van der Waals surface area contributed by atoms with Crippen LogP contribution >= 0.6 is 0 Å². The van der Waals surface area contributed by atoms with E-state index in [-0.39, 0.29) is 11.3 Å². The van der Waals surface area contributed by atoms with Crippen LogP contribution in [0.2, 0.25) is 0 Å². The molecule has 21 heavy (non-hydrogen) atoms. The molecule has 106 valence electrons. The number of amides is 1. The lowest BCUT2D eigenvalue weighted by Gasteiger charge is -2.05. The van der Waals surface area contributed by atoms with Gasteiger partial charge in [0.25, 0.3) is 5.91 Å². The molecular weight excluding hydrogens is 276 g/mol. The zero-order valence-corrected chi connectivity index (χ0v) is 10.9. The lowest BCUT2D eigenvalue weighted by atomic mass is 10.3. The normalized spacial score (nSPS) is 10.7. The van der Waals surface area contributed by atoms with Gasteiger partial charge in [-0.2, -0.15) is 4.68 Å². The molecule has 0 aliphatic rings. The monoisotopic (exact) mass is 286 g/mol. The number of rotatable bonds is 3. The second kappa shape index (κ2) is 4.71. The van der Waals surface area contributed by atoms with Gasteiger partial charge in [0.2, 0.25) is 0 Å². The Balaban J connectivity index is 2.18. The predicted molar refractivity (Wildman–Crippen MR) is 71.4 cm³/mol. The first kappa shape index (κ1) is 12.8. The molecule has 2 N–H and O–H groups in total. The minimum atomic E-state index is -0.770. The lowest BCUT2D eigenvalue weighted by Crippen LogP contribution is -2.28. The number of carbonyl (C=O) groups excluding carboxylic acids is 1. The van der Waals surface area contributed by atoms with E-state index in [1.54, 1.807) is 31.4 Å². The third-order valence-corrected chi connectivity index (χ3v) is 2.91. The number of carbonyl (C=O) groups is 1. The van der Waals surface area contributed by atoms with Crippen molar-refractivity contribution in [2.75, 3.05) is 7.11 Å². The first-order chi connectivity index (χ1) is 10.1. The maximum absolute atomic E-state index is 12.3. The van der Waals surface area contributed by atoms with Gasteiger partial charge < -0.3 is 10.5 Å². The summed E-state index contributed by atoms with van der Waals surface area (Å²) in [5.41, 5.74) is 5.07. The number of fused-ring (bicyclic) bond motifs is 1. The Kier molecular flexibility index (Phi) is 2.87. The Hall–Kier alpha value is -3.23. The van der Waals surface area contributed by atoms with Crippen molar-refractivity contribution in [3.8, 4) is 11.4 Å². The third kappa shape index (κ3) is 2.00. The molecule has 1 aromatic carbocycles. The summed E-state index contributed by atoms with van der Waals surface area (Å²) < 4.78 is 7.24. The van der Waals surface area contributed by atoms with Gasteiger partial charge >= 0.3 is 5.69 Å². The Labute approximate surface area is 117 Å². The zero-order valence-electron chi connectivity index (χ0n) is 10.9. The third-order valence-electron chi connectivity index (χ3n) is 2.91. The summed E-state index contributed by atoms with van der Waals surface area (Å²) in [6.07, 6.45) is 1.19. The second-order valence-electron chi connectivity index (χ2n) is 4.13. The van der Waals surface area contributed by atoms with E-state index < -0.39 is 11.6 Å². The van der Waals surface area contributed by atoms with Crippen molar-refractivity contribution in [1.82, 2.24) is 24.4 Å². The number of benzene rings is 1. The molecule has 0 bridgehead atoms. The summed E-state index contributed by atoms with van der Waals surface area (Å²) in [6, 6.07) is 6.70. The number of aromatic nitrogens is 5. The predicted octanol–water partition coefficient (Wildman–Crippen LogP) is -0.617. The fraction of sp³-hybridized carbons (Fsp3) is 0.0833. The molecule has 1 amide bonds. The summed E-state index contributed by atoms with van der Waals surface area (Å²) >= 11 is 0. The molecule has 0 spiro atoms. The number of methoxy groups -OCH3 is 1. The highest BCUT2D eigenvalue weighted by Crippen LogP contribution is 2.12. The van der Waals surface area contributed by atoms with Crippen molar-refractivity contribution in [1.29, 1.82) is 0 Å². The van der Waals surface area contributed by atoms with Crippen LogP contribution in [0.15, 0.2) is 35.4 Å². The van der Waals surface area contributed by atoms with Crippen LogP contribution in [0, 0.1) is 0 Å². The molecule has 9 nitrogen and oxygen atoms in total. The number of imidazole rings is 1. The molecule has 0 fully saturated rings. The second-order valence-corrected chi connectivity index (χ2v) is 4.13. The Morgan fingerprint density at radius 2 is 2.00 bits per heavy atom. The average molecular weight is 286 g/mol. The quantitative estimate of drug-likeness (QED) is 0.685. The Bertz CT molecular complexity index is 880. The van der Waals surface area contributed by atoms with Crippen LogP contribution in [0.25, 0.3) is 11.3 Å². The minimum absolute atomic E-state index is 0.0252. The highest BCUT2D eigenvalue weighted by atomic mass is 16.5. The van der Waals surface area contributed by atoms with Crippen LogP contribution in [0.1, 0.15) is 10.5 Å². The van der Waals surface area contributed by atoms with Crippen molar-refractivity contribution < 1.29 is 9.53 Å². The fourth-order valence-corrected chi connectivity index (χ4v) is 1.86. The summed E-state index contributed by atoms with van der Waals surface area (Å²) in [6.45, 7) is 0. The number of nitrogens with zero attached hydrogens (tertiary/aromatic N) is 5. The van der Waals surface area contributed by atoms with E-state index in [2.05, 4.69) is 15.3 Å². The van der Waals surface area contributed by atoms with Crippen molar-refractivity contribution in [2.45, 2.75) is 0 Å². The highest BCUT2D eigenvalue weighted by Gasteiger charge is 2.15. The molecule has 0 aliphatic heterocycles. The van der Waals surface area contributed by atoms with Gasteiger partial charge in [-0.05, 0) is 24.3 Å². The van der Waals surface area contributed by atoms with Crippen molar-refractivity contribution >= 4 is 11.6 Å². The molecular formula is C12H10N6O3. The molecule has 9 heteroatoms. The van der Waals surface area contributed by atoms with Crippen molar-refractivity contribution in [2.24, 2.45) is 5.73 Å². The van der Waals surface area contributed by atoms with E-state index >= 15 is 0 Å². The summed E-state index contributed by atoms with van der Waals surface area (Å²) in [5, 5.41) is 7.62. The number of primary amides is 1. The molecule has 3 rings (SSSR count). The first-order valence-electron chi connectivity index (χ1n) is 5.89. The zero-order chi connectivity index (χ0) is 15.0. The Morgan fingerprint density at radius 1 is 1.29 bits per heavy atom. The van der Waals surface area contributed by atoms with E-state index in [1.165, 1.54) is 6.33 Å². The molecule has 0 aliphatic carbocycles. The van der Waals surface area contributed by atoms with Gasteiger partial charge in [-0.25, -0.2) is 14.2 Å². The van der Waals surface area contributed by atoms with Crippen LogP contribution in [0.5, 0.6) is 5.75 Å². The standard InChI is InChI=1S/C12H10N6O3/c1-21-8-4-2-7(3-5-8)18-12(20)17-6-14-9(10(13)19)11(17)15-16-18/h2-6H,1H3,(H2,13,19). The van der Waals surface area contributed by atoms with Gasteiger partial charge in [-0.3, -0.25) is 4.79 Å². The van der Waals surface area contributed by atoms with Gasteiger partial charge in [-0.15, -0.1) is 5.10 Å². The summed E-state index contributed by atoms with van der Waals surface area (Å²) in [5.74, 6) is -0.118. The van der Waals surface area contributed by atoms with Crippen LogP contribution in [-0.2, 0) is 0 Å². The maximum Gasteiger partial charge on any atom is 0.357 e. The SMILES string of the molecule is COc1ccc(-n2nnc3c(C(N)=O)ncn3c2=O)cc1.